The maximum Gasteiger partial charge on any atom is 0.255 e. The van der Waals surface area contributed by atoms with E-state index in [0.29, 0.717) is 56.1 Å². The maximum absolute atomic E-state index is 14.3. The van der Waals surface area contributed by atoms with E-state index in [9.17, 15) is 18.8 Å². The van der Waals surface area contributed by atoms with Gasteiger partial charge >= 0.3 is 0 Å². The summed E-state index contributed by atoms with van der Waals surface area (Å²) in [5, 5.41) is 6.11. The number of methoxy groups -OCH3 is 1. The summed E-state index contributed by atoms with van der Waals surface area (Å²) in [6, 6.07) is 17.5. The predicted octanol–water partition coefficient (Wildman–Crippen LogP) is 4.65. The Bertz CT molecular complexity index is 1370. The summed E-state index contributed by atoms with van der Waals surface area (Å²) in [7, 11) is 1.36. The van der Waals surface area contributed by atoms with Crippen LogP contribution >= 0.6 is 11.6 Å². The van der Waals surface area contributed by atoms with Crippen molar-refractivity contribution in [2.24, 2.45) is 0 Å². The first-order valence-electron chi connectivity index (χ1n) is 13.5. The number of benzene rings is 3. The molecule has 41 heavy (non-hydrogen) atoms. The van der Waals surface area contributed by atoms with E-state index >= 15 is 0 Å². The monoisotopic (exact) mass is 581 g/mol. The molecule has 0 fully saturated rings. The van der Waals surface area contributed by atoms with E-state index in [2.05, 4.69) is 10.6 Å². The van der Waals surface area contributed by atoms with Crippen LogP contribution in [0.25, 0.3) is 0 Å². The lowest BCUT2D eigenvalue weighted by molar-refractivity contribution is -0.122. The van der Waals surface area contributed by atoms with Crippen molar-refractivity contribution >= 4 is 29.3 Å². The van der Waals surface area contributed by atoms with Crippen LogP contribution in [0.5, 0.6) is 11.5 Å². The van der Waals surface area contributed by atoms with E-state index in [-0.39, 0.29) is 35.3 Å². The van der Waals surface area contributed by atoms with E-state index < -0.39 is 17.8 Å². The third kappa shape index (κ3) is 8.20. The number of carbonyl (C=O) groups is 3. The van der Waals surface area contributed by atoms with Crippen molar-refractivity contribution in [2.75, 3.05) is 33.4 Å². The number of fused-ring (bicyclic) bond motifs is 1. The first-order valence-corrected chi connectivity index (χ1v) is 13.9. The first kappa shape index (κ1) is 29.9. The van der Waals surface area contributed by atoms with Gasteiger partial charge in [-0.05, 0) is 61.2 Å². The molecule has 216 valence electrons. The lowest BCUT2D eigenvalue weighted by Gasteiger charge is -2.24. The van der Waals surface area contributed by atoms with Crippen molar-refractivity contribution in [3.8, 4) is 11.5 Å². The van der Waals surface area contributed by atoms with Crippen LogP contribution in [-0.2, 0) is 11.2 Å². The second kappa shape index (κ2) is 14.5. The zero-order valence-corrected chi connectivity index (χ0v) is 23.6. The number of hydrogen-bond donors (Lipinski definition) is 2. The predicted molar refractivity (Wildman–Crippen MR) is 154 cm³/mol. The quantitative estimate of drug-likeness (QED) is 0.468. The molecule has 1 atom stereocenters. The van der Waals surface area contributed by atoms with Crippen LogP contribution in [0.2, 0.25) is 5.02 Å². The van der Waals surface area contributed by atoms with Gasteiger partial charge in [-0.1, -0.05) is 41.9 Å². The van der Waals surface area contributed by atoms with Gasteiger partial charge in [-0.15, -0.1) is 0 Å². The lowest BCUT2D eigenvalue weighted by Crippen LogP contribution is -2.48. The molecule has 3 aromatic rings. The zero-order valence-electron chi connectivity index (χ0n) is 22.8. The van der Waals surface area contributed by atoms with E-state index in [1.54, 1.807) is 17.0 Å². The van der Waals surface area contributed by atoms with Gasteiger partial charge in [-0.3, -0.25) is 14.4 Å². The molecule has 4 rings (SSSR count). The average Bonchev–Trinajstić information content (AvgIpc) is 2.97. The molecule has 10 heteroatoms. The molecule has 2 N–H and O–H groups in total. The number of rotatable bonds is 4. The van der Waals surface area contributed by atoms with E-state index in [1.807, 2.05) is 30.3 Å². The number of halogens is 2. The van der Waals surface area contributed by atoms with Gasteiger partial charge in [-0.2, -0.15) is 0 Å². The molecule has 1 heterocycles. The summed E-state index contributed by atoms with van der Waals surface area (Å²) in [6.45, 7) is 1.35. The Hall–Kier alpha value is -4.11. The number of carbonyl (C=O) groups excluding carboxylic acids is 3. The molecule has 0 saturated carbocycles. The molecule has 3 amide bonds. The number of hydrogen-bond acceptors (Lipinski definition) is 5. The summed E-state index contributed by atoms with van der Waals surface area (Å²) in [5.74, 6) is -1.35. The highest BCUT2D eigenvalue weighted by molar-refractivity contribution is 6.31. The van der Waals surface area contributed by atoms with Crippen molar-refractivity contribution in [1.29, 1.82) is 0 Å². The van der Waals surface area contributed by atoms with Gasteiger partial charge in [0.1, 0.15) is 11.8 Å². The molecule has 8 nitrogen and oxygen atoms in total. The van der Waals surface area contributed by atoms with Gasteiger partial charge in [-0.25, -0.2) is 4.39 Å². The minimum atomic E-state index is -0.826. The molecule has 0 unspecified atom stereocenters. The van der Waals surface area contributed by atoms with Crippen LogP contribution in [0.1, 0.15) is 45.5 Å². The Kier molecular flexibility index (Phi) is 10.6. The van der Waals surface area contributed by atoms with Crippen molar-refractivity contribution in [3.05, 3.63) is 94.3 Å². The molecular formula is C31H33ClFN3O5. The van der Waals surface area contributed by atoms with Gasteiger partial charge in [0.2, 0.25) is 5.91 Å². The molecule has 1 aliphatic rings. The second-order valence-electron chi connectivity index (χ2n) is 9.70. The Morgan fingerprint density at radius 3 is 2.59 bits per heavy atom. The first-order chi connectivity index (χ1) is 19.9. The molecule has 0 saturated heterocycles. The molecule has 0 radical (unpaired) electrons. The Morgan fingerprint density at radius 1 is 1.05 bits per heavy atom. The van der Waals surface area contributed by atoms with Crippen LogP contribution < -0.4 is 20.1 Å². The zero-order chi connectivity index (χ0) is 29.2. The molecule has 0 aromatic heterocycles. The SMILES string of the molecule is COc1ccc(C(=O)N2CCCCNC(=O)[C@H](Cc3ccccc3)NC(=O)c3cc(Cl)ccc3OCCC2)cc1F. The van der Waals surface area contributed by atoms with Gasteiger partial charge < -0.3 is 25.0 Å². The fraction of sp³-hybridized carbons (Fsp3) is 0.323. The highest BCUT2D eigenvalue weighted by Gasteiger charge is 2.24. The largest absolute Gasteiger partial charge is 0.494 e. The van der Waals surface area contributed by atoms with Crippen LogP contribution in [0.4, 0.5) is 4.39 Å². The van der Waals surface area contributed by atoms with Crippen molar-refractivity contribution in [1.82, 2.24) is 15.5 Å². The molecular weight excluding hydrogens is 549 g/mol. The molecule has 0 bridgehead atoms. The van der Waals surface area contributed by atoms with Gasteiger partial charge in [0, 0.05) is 36.6 Å². The number of nitrogens with one attached hydrogen (secondary N) is 2. The van der Waals surface area contributed by atoms with Gasteiger partial charge in [0.25, 0.3) is 11.8 Å². The topological polar surface area (TPSA) is 97.0 Å². The summed E-state index contributed by atoms with van der Waals surface area (Å²) >= 11 is 6.20. The third-order valence-corrected chi connectivity index (χ3v) is 7.00. The van der Waals surface area contributed by atoms with Crippen LogP contribution in [0.15, 0.2) is 66.7 Å². The summed E-state index contributed by atoms with van der Waals surface area (Å²) in [6.07, 6.45) is 1.99. The van der Waals surface area contributed by atoms with Crippen molar-refractivity contribution in [2.45, 2.75) is 31.7 Å². The smallest absolute Gasteiger partial charge is 0.255 e. The lowest BCUT2D eigenvalue weighted by atomic mass is 10.0. The maximum atomic E-state index is 14.3. The molecule has 0 aliphatic carbocycles. The summed E-state index contributed by atoms with van der Waals surface area (Å²) in [4.78, 5) is 41.5. The van der Waals surface area contributed by atoms with Crippen LogP contribution in [0, 0.1) is 5.82 Å². The molecule has 1 aliphatic heterocycles. The minimum Gasteiger partial charge on any atom is -0.494 e. The second-order valence-corrected chi connectivity index (χ2v) is 10.1. The van der Waals surface area contributed by atoms with E-state index in [0.717, 1.165) is 5.56 Å². The van der Waals surface area contributed by atoms with E-state index in [1.165, 1.54) is 31.4 Å². The normalized spacial score (nSPS) is 17.0. The highest BCUT2D eigenvalue weighted by atomic mass is 35.5. The minimum absolute atomic E-state index is 0.0621. The fourth-order valence-electron chi connectivity index (χ4n) is 4.60. The summed E-state index contributed by atoms with van der Waals surface area (Å²) < 4.78 is 25.2. The Morgan fingerprint density at radius 2 is 1.83 bits per heavy atom. The number of ether oxygens (including phenoxy) is 2. The van der Waals surface area contributed by atoms with Gasteiger partial charge in [0.15, 0.2) is 11.6 Å². The van der Waals surface area contributed by atoms with Crippen LogP contribution in [0.3, 0.4) is 0 Å². The molecule has 0 spiro atoms. The van der Waals surface area contributed by atoms with Crippen molar-refractivity contribution < 1.29 is 28.2 Å². The van der Waals surface area contributed by atoms with Crippen LogP contribution in [-0.4, -0.2) is 62.0 Å². The van der Waals surface area contributed by atoms with E-state index in [4.69, 9.17) is 21.1 Å². The summed E-state index contributed by atoms with van der Waals surface area (Å²) in [5.41, 5.74) is 1.32. The number of nitrogens with zero attached hydrogens (tertiary/aromatic N) is 1. The van der Waals surface area contributed by atoms with Gasteiger partial charge in [0.05, 0.1) is 19.3 Å². The third-order valence-electron chi connectivity index (χ3n) is 6.76. The Balaban J connectivity index is 1.54. The molecule has 3 aromatic carbocycles. The van der Waals surface area contributed by atoms with Crippen molar-refractivity contribution in [3.63, 3.8) is 0 Å². The Labute approximate surface area is 243 Å². The highest BCUT2D eigenvalue weighted by Crippen LogP contribution is 2.24. The fourth-order valence-corrected chi connectivity index (χ4v) is 4.77. The number of amides is 3. The standard InChI is InChI=1S/C31H33ClFN3O5/c1-40-28-12-10-22(19-25(28)33)31(39)36-15-6-5-14-34-30(38)26(18-21-8-3-2-4-9-21)35-29(37)24-20-23(32)11-13-27(24)41-17-7-16-36/h2-4,8-13,19-20,26H,5-7,14-18H2,1H3,(H,34,38)(H,35,37)/t26-/m0/s1. The average molecular weight is 582 g/mol.